The number of aryl methyl sites for hydroxylation is 1. The number of hydrogen-bond acceptors (Lipinski definition) is 4. The molecule has 0 spiro atoms. The van der Waals surface area contributed by atoms with E-state index in [9.17, 15) is 9.90 Å². The van der Waals surface area contributed by atoms with Crippen LogP contribution in [0.15, 0.2) is 46.9 Å². The number of hydrogen-bond donors (Lipinski definition) is 1. The minimum absolute atomic E-state index is 0.157. The number of fused-ring (bicyclic) bond motifs is 1. The van der Waals surface area contributed by atoms with Crippen LogP contribution in [0, 0.1) is 11.4 Å². The van der Waals surface area contributed by atoms with Gasteiger partial charge in [-0.1, -0.05) is 42.6 Å². The number of carbonyl (C=O) groups is 1. The molecule has 26 heavy (non-hydrogen) atoms. The molecule has 0 aliphatic carbocycles. The summed E-state index contributed by atoms with van der Waals surface area (Å²) in [4.78, 5) is 11.2. The van der Waals surface area contributed by atoms with Crippen molar-refractivity contribution in [2.75, 3.05) is 6.61 Å². The van der Waals surface area contributed by atoms with Gasteiger partial charge in [-0.25, -0.2) is 4.79 Å². The molecule has 0 aliphatic heterocycles. The van der Waals surface area contributed by atoms with Crippen LogP contribution in [0.4, 0.5) is 0 Å². The van der Waals surface area contributed by atoms with Gasteiger partial charge in [-0.15, -0.1) is 0 Å². The zero-order chi connectivity index (χ0) is 18.7. The summed E-state index contributed by atoms with van der Waals surface area (Å²) >= 11 is 5.54. The molecular formula is C21H18O4S. The molecule has 1 N–H and O–H groups in total. The van der Waals surface area contributed by atoms with Crippen molar-refractivity contribution in [2.24, 2.45) is 0 Å². The van der Waals surface area contributed by atoms with E-state index in [1.165, 1.54) is 12.1 Å². The minimum Gasteiger partial charge on any atom is -0.488 e. The Morgan fingerprint density at radius 3 is 2.69 bits per heavy atom. The van der Waals surface area contributed by atoms with Crippen LogP contribution in [0.1, 0.15) is 34.2 Å². The minimum atomic E-state index is -1.01. The second-order valence-electron chi connectivity index (χ2n) is 5.76. The van der Waals surface area contributed by atoms with Crippen LogP contribution in [0.5, 0.6) is 5.75 Å². The molecule has 0 radical (unpaired) electrons. The summed E-state index contributed by atoms with van der Waals surface area (Å²) in [6, 6.07) is 12.6. The summed E-state index contributed by atoms with van der Waals surface area (Å²) in [5.41, 5.74) is 2.89. The molecule has 1 heterocycles. The van der Waals surface area contributed by atoms with Crippen LogP contribution in [-0.4, -0.2) is 17.7 Å². The zero-order valence-electron chi connectivity index (χ0n) is 14.5. The normalized spacial score (nSPS) is 11.2. The zero-order valence-corrected chi connectivity index (χ0v) is 15.3. The Morgan fingerprint density at radius 1 is 1.23 bits per heavy atom. The van der Waals surface area contributed by atoms with Crippen LogP contribution in [0.2, 0.25) is 0 Å². The summed E-state index contributed by atoms with van der Waals surface area (Å²) in [5.74, 6) is -0.0548. The van der Waals surface area contributed by atoms with Gasteiger partial charge in [-0.3, -0.25) is 0 Å². The molecule has 3 aromatic rings. The van der Waals surface area contributed by atoms with Crippen molar-refractivity contribution in [2.45, 2.75) is 13.8 Å². The Labute approximate surface area is 156 Å². The number of carboxylic acid groups (broad SMARTS) is 1. The van der Waals surface area contributed by atoms with E-state index >= 15 is 0 Å². The molecule has 5 heteroatoms. The predicted molar refractivity (Wildman–Crippen MR) is 105 cm³/mol. The van der Waals surface area contributed by atoms with E-state index in [1.807, 2.05) is 50.3 Å². The van der Waals surface area contributed by atoms with E-state index < -0.39 is 5.97 Å². The molecular weight excluding hydrogens is 348 g/mol. The first kappa shape index (κ1) is 17.9. The van der Waals surface area contributed by atoms with Crippen LogP contribution in [-0.2, 0) is 0 Å². The maximum atomic E-state index is 11.2. The molecule has 1 aromatic heterocycles. The van der Waals surface area contributed by atoms with Crippen molar-refractivity contribution < 1.29 is 19.1 Å². The first-order chi connectivity index (χ1) is 12.5. The van der Waals surface area contributed by atoms with Gasteiger partial charge < -0.3 is 14.3 Å². The highest BCUT2D eigenvalue weighted by molar-refractivity contribution is 7.71. The van der Waals surface area contributed by atoms with Gasteiger partial charge >= 0.3 is 5.97 Å². The first-order valence-electron chi connectivity index (χ1n) is 8.22. The molecule has 3 rings (SSSR count). The lowest BCUT2D eigenvalue weighted by molar-refractivity contribution is 0.0697. The Morgan fingerprint density at radius 2 is 2.00 bits per heavy atom. The van der Waals surface area contributed by atoms with Gasteiger partial charge in [-0.2, -0.15) is 0 Å². The fourth-order valence-electron chi connectivity index (χ4n) is 2.66. The van der Waals surface area contributed by atoms with Gasteiger partial charge in [0.2, 0.25) is 0 Å². The van der Waals surface area contributed by atoms with E-state index in [0.29, 0.717) is 33.6 Å². The topological polar surface area (TPSA) is 59.7 Å². The summed E-state index contributed by atoms with van der Waals surface area (Å²) in [7, 11) is 0. The largest absolute Gasteiger partial charge is 0.488 e. The van der Waals surface area contributed by atoms with Crippen LogP contribution in [0.3, 0.4) is 0 Å². The molecule has 0 aliphatic rings. The third-order valence-corrected chi connectivity index (χ3v) is 4.42. The third kappa shape index (κ3) is 3.53. The van der Waals surface area contributed by atoms with Crippen molar-refractivity contribution in [1.29, 1.82) is 0 Å². The van der Waals surface area contributed by atoms with Gasteiger partial charge in [0.1, 0.15) is 5.58 Å². The van der Waals surface area contributed by atoms with E-state index in [2.05, 4.69) is 0 Å². The summed E-state index contributed by atoms with van der Waals surface area (Å²) in [5, 5.41) is 9.74. The van der Waals surface area contributed by atoms with E-state index in [4.69, 9.17) is 21.4 Å². The summed E-state index contributed by atoms with van der Waals surface area (Å²) in [6.45, 7) is 4.32. The molecule has 0 atom stereocenters. The maximum Gasteiger partial charge on any atom is 0.335 e. The number of rotatable bonds is 5. The summed E-state index contributed by atoms with van der Waals surface area (Å²) < 4.78 is 12.1. The first-order valence-corrected chi connectivity index (χ1v) is 8.62. The van der Waals surface area contributed by atoms with E-state index in [-0.39, 0.29) is 5.56 Å². The van der Waals surface area contributed by atoms with Crippen molar-refractivity contribution in [1.82, 2.24) is 0 Å². The lowest BCUT2D eigenvalue weighted by atomic mass is 10.1. The third-order valence-electron chi connectivity index (χ3n) is 4.01. The molecule has 4 nitrogen and oxygen atoms in total. The fourth-order valence-corrected chi connectivity index (χ4v) is 2.98. The molecule has 0 fully saturated rings. The lowest BCUT2D eigenvalue weighted by Gasteiger charge is -2.10. The Balaban J connectivity index is 2.17. The molecule has 0 saturated heterocycles. The average Bonchev–Trinajstić information content (AvgIpc) is 2.63. The van der Waals surface area contributed by atoms with Crippen molar-refractivity contribution in [3.63, 3.8) is 0 Å². The molecule has 0 saturated carbocycles. The van der Waals surface area contributed by atoms with Gasteiger partial charge in [-0.05, 0) is 49.2 Å². The SMILES string of the molecule is CCOc1c(C=Cc2ccccc2C)oc2ccc(C(=O)O)cc2c1=S. The van der Waals surface area contributed by atoms with Gasteiger partial charge in [0.25, 0.3) is 0 Å². The van der Waals surface area contributed by atoms with Crippen LogP contribution >= 0.6 is 12.2 Å². The second kappa shape index (κ2) is 7.54. The highest BCUT2D eigenvalue weighted by Gasteiger charge is 2.13. The molecule has 0 amide bonds. The molecule has 132 valence electrons. The van der Waals surface area contributed by atoms with Gasteiger partial charge in [0, 0.05) is 5.39 Å². The molecule has 2 aromatic carbocycles. The maximum absolute atomic E-state index is 11.2. The van der Waals surface area contributed by atoms with Crippen molar-refractivity contribution >= 4 is 41.3 Å². The van der Waals surface area contributed by atoms with Crippen molar-refractivity contribution in [3.05, 3.63) is 69.4 Å². The Kier molecular flexibility index (Phi) is 5.19. The highest BCUT2D eigenvalue weighted by atomic mass is 32.1. The average molecular weight is 366 g/mol. The van der Waals surface area contributed by atoms with Gasteiger partial charge in [0.05, 0.1) is 16.7 Å². The second-order valence-corrected chi connectivity index (χ2v) is 6.17. The predicted octanol–water partition coefficient (Wildman–Crippen LogP) is 5.74. The molecule has 0 unspecified atom stereocenters. The van der Waals surface area contributed by atoms with Crippen LogP contribution < -0.4 is 4.74 Å². The smallest absolute Gasteiger partial charge is 0.335 e. The number of ether oxygens (including phenoxy) is 1. The highest BCUT2D eigenvalue weighted by Crippen LogP contribution is 2.31. The standard InChI is InChI=1S/C21H18O4S/c1-3-24-19-18(11-8-14-7-5-4-6-13(14)2)25-17-10-9-15(21(22)23)12-16(17)20(19)26/h4-12H,3H2,1-2H3,(H,22,23). The summed E-state index contributed by atoms with van der Waals surface area (Å²) in [6.07, 6.45) is 3.77. The lowest BCUT2D eigenvalue weighted by Crippen LogP contribution is -1.98. The Bertz CT molecular complexity index is 1060. The fraction of sp³-hybridized carbons (Fsp3) is 0.143. The quantitative estimate of drug-likeness (QED) is 0.584. The van der Waals surface area contributed by atoms with E-state index in [1.54, 1.807) is 6.07 Å². The van der Waals surface area contributed by atoms with E-state index in [0.717, 1.165) is 11.1 Å². The van der Waals surface area contributed by atoms with Crippen molar-refractivity contribution in [3.8, 4) is 5.75 Å². The molecule has 0 bridgehead atoms. The number of benzene rings is 2. The number of carboxylic acids is 1. The number of aromatic carboxylic acids is 1. The van der Waals surface area contributed by atoms with Crippen LogP contribution in [0.25, 0.3) is 23.1 Å². The Hall–Kier alpha value is -2.92. The monoisotopic (exact) mass is 366 g/mol. The van der Waals surface area contributed by atoms with Gasteiger partial charge in [0.15, 0.2) is 11.5 Å².